The van der Waals surface area contributed by atoms with Crippen LogP contribution in [0.15, 0.2) is 36.7 Å². The van der Waals surface area contributed by atoms with E-state index in [0.717, 1.165) is 37.0 Å². The number of fused-ring (bicyclic) bond motifs is 2. The molecule has 2 aliphatic carbocycles. The van der Waals surface area contributed by atoms with Crippen molar-refractivity contribution >= 4 is 5.97 Å². The van der Waals surface area contributed by atoms with Crippen LogP contribution in [-0.2, 0) is 4.79 Å². The van der Waals surface area contributed by atoms with Gasteiger partial charge in [0.15, 0.2) is 0 Å². The van der Waals surface area contributed by atoms with Gasteiger partial charge in [-0.3, -0.25) is 9.78 Å². The predicted octanol–water partition coefficient (Wildman–Crippen LogP) is 4.80. The molecule has 23 heavy (non-hydrogen) atoms. The van der Waals surface area contributed by atoms with Crippen molar-refractivity contribution in [2.75, 3.05) is 0 Å². The van der Waals surface area contributed by atoms with E-state index in [1.165, 1.54) is 31.2 Å². The first-order valence-electron chi connectivity index (χ1n) is 9.02. The summed E-state index contributed by atoms with van der Waals surface area (Å²) < 4.78 is 0. The van der Waals surface area contributed by atoms with E-state index in [9.17, 15) is 4.79 Å². The van der Waals surface area contributed by atoms with E-state index in [2.05, 4.69) is 35.5 Å². The molecule has 1 heterocycles. The van der Waals surface area contributed by atoms with Gasteiger partial charge in [0.2, 0.25) is 0 Å². The van der Waals surface area contributed by atoms with E-state index >= 15 is 0 Å². The van der Waals surface area contributed by atoms with Gasteiger partial charge in [-0.2, -0.15) is 0 Å². The van der Waals surface area contributed by atoms with Gasteiger partial charge in [0.05, 0.1) is 0 Å². The highest BCUT2D eigenvalue weighted by atomic mass is 16.4. The molecule has 3 nitrogen and oxygen atoms in total. The number of rotatable bonds is 8. The van der Waals surface area contributed by atoms with Crippen LogP contribution in [0.2, 0.25) is 0 Å². The molecule has 1 aromatic rings. The van der Waals surface area contributed by atoms with E-state index in [-0.39, 0.29) is 0 Å². The summed E-state index contributed by atoms with van der Waals surface area (Å²) in [6, 6.07) is 4.32. The molecule has 0 aromatic carbocycles. The standard InChI is InChI=1S/C20H27NO2/c22-19(23)9-5-3-1-2-4-8-18-15-10-11-16(13-15)20(18)17-7-6-12-21-14-17/h2,4,6-7,12,14-16,18,20H,1,3,5,8-11,13H2,(H,22,23)/b4-2-/t15-,16+,18+,20-/m0/s1. The number of carboxylic acids is 1. The van der Waals surface area contributed by atoms with Gasteiger partial charge in [-0.05, 0) is 80.2 Å². The van der Waals surface area contributed by atoms with Gasteiger partial charge in [-0.1, -0.05) is 18.2 Å². The van der Waals surface area contributed by atoms with E-state index in [1.54, 1.807) is 0 Å². The topological polar surface area (TPSA) is 50.2 Å². The lowest BCUT2D eigenvalue weighted by Crippen LogP contribution is -2.20. The monoisotopic (exact) mass is 313 g/mol. The zero-order valence-electron chi connectivity index (χ0n) is 13.7. The van der Waals surface area contributed by atoms with E-state index in [4.69, 9.17) is 5.11 Å². The number of nitrogens with zero attached hydrogens (tertiary/aromatic N) is 1. The van der Waals surface area contributed by atoms with Gasteiger partial charge < -0.3 is 5.11 Å². The number of hydrogen-bond acceptors (Lipinski definition) is 2. The highest BCUT2D eigenvalue weighted by Gasteiger charge is 2.47. The van der Waals surface area contributed by atoms with Crippen LogP contribution in [0.4, 0.5) is 0 Å². The SMILES string of the molecule is O=C(O)CCCC/C=C\C[C@@H]1[C@H]2CC[C@H](C2)[C@H]1c1cccnc1. The van der Waals surface area contributed by atoms with Crippen molar-refractivity contribution < 1.29 is 9.90 Å². The number of unbranched alkanes of at least 4 members (excludes halogenated alkanes) is 2. The molecule has 0 radical (unpaired) electrons. The number of hydrogen-bond donors (Lipinski definition) is 1. The molecule has 1 N–H and O–H groups in total. The molecular weight excluding hydrogens is 286 g/mol. The number of carbonyl (C=O) groups is 1. The summed E-state index contributed by atoms with van der Waals surface area (Å²) in [5.41, 5.74) is 1.43. The van der Waals surface area contributed by atoms with E-state index in [1.807, 2.05) is 6.20 Å². The maximum absolute atomic E-state index is 10.5. The van der Waals surface area contributed by atoms with E-state index in [0.29, 0.717) is 12.3 Å². The normalized spacial score (nSPS) is 29.4. The smallest absolute Gasteiger partial charge is 0.303 e. The molecule has 1 aromatic heterocycles. The van der Waals surface area contributed by atoms with Crippen LogP contribution in [0, 0.1) is 17.8 Å². The largest absolute Gasteiger partial charge is 0.481 e. The highest BCUT2D eigenvalue weighted by molar-refractivity contribution is 5.66. The second kappa shape index (κ2) is 7.76. The molecule has 0 spiro atoms. The van der Waals surface area contributed by atoms with Gasteiger partial charge in [-0.25, -0.2) is 0 Å². The Morgan fingerprint density at radius 3 is 2.91 bits per heavy atom. The van der Waals surface area contributed by atoms with Crippen LogP contribution in [0.1, 0.15) is 62.8 Å². The lowest BCUT2D eigenvalue weighted by atomic mass is 9.74. The molecule has 3 heteroatoms. The maximum atomic E-state index is 10.5. The van der Waals surface area contributed by atoms with Crippen molar-refractivity contribution in [3.63, 3.8) is 0 Å². The van der Waals surface area contributed by atoms with Crippen LogP contribution < -0.4 is 0 Å². The molecule has 4 atom stereocenters. The van der Waals surface area contributed by atoms with Crippen molar-refractivity contribution in [2.45, 2.75) is 57.3 Å². The lowest BCUT2D eigenvalue weighted by Gasteiger charge is -2.30. The third-order valence-corrected chi connectivity index (χ3v) is 5.74. The van der Waals surface area contributed by atoms with Crippen molar-refractivity contribution in [2.24, 2.45) is 17.8 Å². The zero-order valence-corrected chi connectivity index (χ0v) is 13.7. The van der Waals surface area contributed by atoms with Crippen molar-refractivity contribution in [3.8, 4) is 0 Å². The summed E-state index contributed by atoms with van der Waals surface area (Å²) in [5.74, 6) is 2.53. The Kier molecular flexibility index (Phi) is 5.47. The Balaban J connectivity index is 1.51. The quantitative estimate of drug-likeness (QED) is 0.554. The third-order valence-electron chi connectivity index (χ3n) is 5.74. The third kappa shape index (κ3) is 4.01. The first kappa shape index (κ1) is 16.2. The van der Waals surface area contributed by atoms with Crippen LogP contribution >= 0.6 is 0 Å². The van der Waals surface area contributed by atoms with Crippen LogP contribution in [-0.4, -0.2) is 16.1 Å². The Bertz CT molecular complexity index is 540. The fraction of sp³-hybridized carbons (Fsp3) is 0.600. The Morgan fingerprint density at radius 1 is 1.26 bits per heavy atom. The molecule has 2 saturated carbocycles. The van der Waals surface area contributed by atoms with Crippen LogP contribution in [0.5, 0.6) is 0 Å². The second-order valence-electron chi connectivity index (χ2n) is 7.16. The number of pyridine rings is 1. The molecule has 0 unspecified atom stereocenters. The minimum Gasteiger partial charge on any atom is -0.481 e. The lowest BCUT2D eigenvalue weighted by molar-refractivity contribution is -0.137. The van der Waals surface area contributed by atoms with Gasteiger partial charge in [0.25, 0.3) is 0 Å². The fourth-order valence-corrected chi connectivity index (χ4v) is 4.75. The number of allylic oxidation sites excluding steroid dienone is 2. The summed E-state index contributed by atoms with van der Waals surface area (Å²) in [6.07, 6.45) is 16.9. The van der Waals surface area contributed by atoms with Crippen molar-refractivity contribution in [3.05, 3.63) is 42.2 Å². The minimum atomic E-state index is -0.685. The molecule has 0 saturated heterocycles. The molecular formula is C20H27NO2. The molecule has 2 aliphatic rings. The molecule has 0 amide bonds. The summed E-state index contributed by atoms with van der Waals surface area (Å²) in [6.45, 7) is 0. The molecule has 0 aliphatic heterocycles. The first-order chi connectivity index (χ1) is 11.3. The van der Waals surface area contributed by atoms with Gasteiger partial charge in [0, 0.05) is 18.8 Å². The maximum Gasteiger partial charge on any atom is 0.303 e. The van der Waals surface area contributed by atoms with Crippen LogP contribution in [0.3, 0.4) is 0 Å². The molecule has 2 bridgehead atoms. The van der Waals surface area contributed by atoms with Gasteiger partial charge in [-0.15, -0.1) is 0 Å². The number of carboxylic acid groups (broad SMARTS) is 1. The average molecular weight is 313 g/mol. The Morgan fingerprint density at radius 2 is 2.13 bits per heavy atom. The summed E-state index contributed by atoms with van der Waals surface area (Å²) in [5, 5.41) is 8.63. The number of aromatic nitrogens is 1. The molecule has 124 valence electrons. The zero-order chi connectivity index (χ0) is 16.1. The molecule has 3 rings (SSSR count). The highest BCUT2D eigenvalue weighted by Crippen LogP contribution is 2.57. The summed E-state index contributed by atoms with van der Waals surface area (Å²) in [4.78, 5) is 14.8. The van der Waals surface area contributed by atoms with Crippen molar-refractivity contribution in [1.82, 2.24) is 4.98 Å². The Hall–Kier alpha value is -1.64. The number of aliphatic carboxylic acids is 1. The Labute approximate surface area is 138 Å². The second-order valence-corrected chi connectivity index (χ2v) is 7.16. The summed E-state index contributed by atoms with van der Waals surface area (Å²) in [7, 11) is 0. The minimum absolute atomic E-state index is 0.295. The van der Waals surface area contributed by atoms with Gasteiger partial charge >= 0.3 is 5.97 Å². The van der Waals surface area contributed by atoms with Crippen LogP contribution in [0.25, 0.3) is 0 Å². The average Bonchev–Trinajstić information content (AvgIpc) is 3.15. The fourth-order valence-electron chi connectivity index (χ4n) is 4.75. The summed E-state index contributed by atoms with van der Waals surface area (Å²) >= 11 is 0. The van der Waals surface area contributed by atoms with Gasteiger partial charge in [0.1, 0.15) is 0 Å². The predicted molar refractivity (Wildman–Crippen MR) is 91.2 cm³/mol. The van der Waals surface area contributed by atoms with Crippen molar-refractivity contribution in [1.29, 1.82) is 0 Å². The van der Waals surface area contributed by atoms with E-state index < -0.39 is 5.97 Å². The molecule has 2 fully saturated rings. The first-order valence-corrected chi connectivity index (χ1v) is 9.02.